The topological polar surface area (TPSA) is 86.8 Å². The van der Waals surface area contributed by atoms with E-state index in [1.54, 1.807) is 12.7 Å². The SMILES string of the molecule is CC(NC(=O)C1CCN(c2ncnc3nc[nH]c23)CC1)c1ccccc1. The molecule has 1 saturated heterocycles. The van der Waals surface area contributed by atoms with E-state index in [0.717, 1.165) is 42.8 Å². The molecule has 1 atom stereocenters. The van der Waals surface area contributed by atoms with Crippen molar-refractivity contribution in [3.8, 4) is 0 Å². The molecule has 3 aromatic rings. The highest BCUT2D eigenvalue weighted by Crippen LogP contribution is 2.26. The molecule has 1 aliphatic heterocycles. The second-order valence-corrected chi connectivity index (χ2v) is 6.70. The molecule has 1 aromatic carbocycles. The molecular weight excluding hydrogens is 328 g/mol. The maximum absolute atomic E-state index is 12.6. The van der Waals surface area contributed by atoms with Crippen LogP contribution in [-0.2, 0) is 4.79 Å². The number of aromatic nitrogens is 4. The lowest BCUT2D eigenvalue weighted by atomic mass is 9.95. The number of benzene rings is 1. The number of rotatable bonds is 4. The van der Waals surface area contributed by atoms with Gasteiger partial charge in [-0.2, -0.15) is 0 Å². The molecule has 7 heteroatoms. The van der Waals surface area contributed by atoms with Crippen molar-refractivity contribution in [1.82, 2.24) is 25.3 Å². The van der Waals surface area contributed by atoms with Gasteiger partial charge in [-0.25, -0.2) is 15.0 Å². The molecule has 0 radical (unpaired) electrons. The number of imidazole rings is 1. The number of hydrogen-bond donors (Lipinski definition) is 2. The summed E-state index contributed by atoms with van der Waals surface area (Å²) in [6.45, 7) is 3.62. The molecule has 2 aromatic heterocycles. The van der Waals surface area contributed by atoms with Gasteiger partial charge in [0.1, 0.15) is 11.8 Å². The van der Waals surface area contributed by atoms with Gasteiger partial charge in [-0.05, 0) is 25.3 Å². The summed E-state index contributed by atoms with van der Waals surface area (Å²) in [5.41, 5.74) is 2.65. The summed E-state index contributed by atoms with van der Waals surface area (Å²) in [5.74, 6) is 1.04. The first kappa shape index (κ1) is 16.5. The predicted octanol–water partition coefficient (Wildman–Crippen LogP) is 2.45. The quantitative estimate of drug-likeness (QED) is 0.755. The highest BCUT2D eigenvalue weighted by atomic mass is 16.1. The van der Waals surface area contributed by atoms with Gasteiger partial charge >= 0.3 is 0 Å². The third-order valence-corrected chi connectivity index (χ3v) is 5.03. The summed E-state index contributed by atoms with van der Waals surface area (Å²) in [6, 6.07) is 10.1. The van der Waals surface area contributed by atoms with Crippen molar-refractivity contribution in [2.24, 2.45) is 5.92 Å². The molecule has 1 fully saturated rings. The fraction of sp³-hybridized carbons (Fsp3) is 0.368. The second-order valence-electron chi connectivity index (χ2n) is 6.70. The zero-order valence-electron chi connectivity index (χ0n) is 14.7. The largest absolute Gasteiger partial charge is 0.355 e. The van der Waals surface area contributed by atoms with Crippen molar-refractivity contribution in [3.05, 3.63) is 48.5 Å². The number of nitrogens with zero attached hydrogens (tertiary/aromatic N) is 4. The van der Waals surface area contributed by atoms with Gasteiger partial charge in [-0.1, -0.05) is 30.3 Å². The highest BCUT2D eigenvalue weighted by molar-refractivity contribution is 5.83. The van der Waals surface area contributed by atoms with Crippen LogP contribution in [0.15, 0.2) is 43.0 Å². The van der Waals surface area contributed by atoms with Gasteiger partial charge in [0.15, 0.2) is 11.5 Å². The Morgan fingerprint density at radius 3 is 2.73 bits per heavy atom. The first-order valence-corrected chi connectivity index (χ1v) is 8.96. The number of amides is 1. The van der Waals surface area contributed by atoms with Crippen LogP contribution in [0.5, 0.6) is 0 Å². The minimum atomic E-state index is 0.0215. The smallest absolute Gasteiger partial charge is 0.223 e. The summed E-state index contributed by atoms with van der Waals surface area (Å²) in [4.78, 5) is 30.7. The van der Waals surface area contributed by atoms with Crippen molar-refractivity contribution in [3.63, 3.8) is 0 Å². The predicted molar refractivity (Wildman–Crippen MR) is 99.6 cm³/mol. The molecule has 0 saturated carbocycles. The van der Waals surface area contributed by atoms with Crippen molar-refractivity contribution in [1.29, 1.82) is 0 Å². The molecule has 1 amide bonds. The lowest BCUT2D eigenvalue weighted by molar-refractivity contribution is -0.126. The van der Waals surface area contributed by atoms with Crippen LogP contribution in [0.1, 0.15) is 31.4 Å². The Labute approximate surface area is 151 Å². The zero-order valence-corrected chi connectivity index (χ0v) is 14.7. The van der Waals surface area contributed by atoms with E-state index in [1.807, 2.05) is 37.3 Å². The maximum atomic E-state index is 12.6. The van der Waals surface area contributed by atoms with Crippen LogP contribution in [0.4, 0.5) is 5.82 Å². The van der Waals surface area contributed by atoms with Crippen molar-refractivity contribution < 1.29 is 4.79 Å². The van der Waals surface area contributed by atoms with Gasteiger partial charge in [-0.3, -0.25) is 4.79 Å². The Kier molecular flexibility index (Phi) is 4.51. The van der Waals surface area contributed by atoms with Crippen LogP contribution < -0.4 is 10.2 Å². The van der Waals surface area contributed by atoms with E-state index in [4.69, 9.17) is 0 Å². The van der Waals surface area contributed by atoms with Gasteiger partial charge in [0, 0.05) is 19.0 Å². The Bertz CT molecular complexity index is 885. The number of piperidine rings is 1. The van der Waals surface area contributed by atoms with E-state index in [1.165, 1.54) is 0 Å². The monoisotopic (exact) mass is 350 g/mol. The molecule has 3 heterocycles. The Morgan fingerprint density at radius 2 is 1.96 bits per heavy atom. The zero-order chi connectivity index (χ0) is 17.9. The van der Waals surface area contributed by atoms with Crippen molar-refractivity contribution >= 4 is 22.9 Å². The van der Waals surface area contributed by atoms with E-state index < -0.39 is 0 Å². The number of aromatic amines is 1. The van der Waals surface area contributed by atoms with Crippen LogP contribution in [0.25, 0.3) is 11.2 Å². The molecular formula is C19H22N6O. The number of anilines is 1. The molecule has 134 valence electrons. The Hall–Kier alpha value is -2.96. The number of H-pyrrole nitrogens is 1. The molecule has 2 N–H and O–H groups in total. The first-order chi connectivity index (χ1) is 12.7. The van der Waals surface area contributed by atoms with Gasteiger partial charge in [-0.15, -0.1) is 0 Å². The van der Waals surface area contributed by atoms with Crippen LogP contribution in [0.3, 0.4) is 0 Å². The summed E-state index contributed by atoms with van der Waals surface area (Å²) < 4.78 is 0. The van der Waals surface area contributed by atoms with Crippen molar-refractivity contribution in [2.45, 2.75) is 25.8 Å². The number of nitrogens with one attached hydrogen (secondary N) is 2. The van der Waals surface area contributed by atoms with Gasteiger partial charge in [0.2, 0.25) is 5.91 Å². The number of carbonyl (C=O) groups is 1. The summed E-state index contributed by atoms with van der Waals surface area (Å²) in [7, 11) is 0. The second kappa shape index (κ2) is 7.11. The van der Waals surface area contributed by atoms with Crippen LogP contribution >= 0.6 is 0 Å². The molecule has 7 nitrogen and oxygen atoms in total. The van der Waals surface area contributed by atoms with Gasteiger partial charge in [0.25, 0.3) is 0 Å². The van der Waals surface area contributed by atoms with E-state index in [2.05, 4.69) is 30.2 Å². The highest BCUT2D eigenvalue weighted by Gasteiger charge is 2.27. The van der Waals surface area contributed by atoms with E-state index in [0.29, 0.717) is 5.65 Å². The Balaban J connectivity index is 1.37. The molecule has 0 bridgehead atoms. The Morgan fingerprint density at radius 1 is 1.19 bits per heavy atom. The number of fused-ring (bicyclic) bond motifs is 1. The van der Waals surface area contributed by atoms with Crippen LogP contribution in [0.2, 0.25) is 0 Å². The summed E-state index contributed by atoms with van der Waals surface area (Å²) >= 11 is 0. The molecule has 0 spiro atoms. The fourth-order valence-electron chi connectivity index (χ4n) is 3.50. The van der Waals surface area contributed by atoms with Gasteiger partial charge < -0.3 is 15.2 Å². The van der Waals surface area contributed by atoms with E-state index in [-0.39, 0.29) is 17.9 Å². The molecule has 1 unspecified atom stereocenters. The summed E-state index contributed by atoms with van der Waals surface area (Å²) in [6.07, 6.45) is 4.80. The lowest BCUT2D eigenvalue weighted by Crippen LogP contribution is -2.41. The molecule has 0 aliphatic carbocycles. The van der Waals surface area contributed by atoms with E-state index >= 15 is 0 Å². The molecule has 26 heavy (non-hydrogen) atoms. The van der Waals surface area contributed by atoms with Crippen LogP contribution in [-0.4, -0.2) is 38.9 Å². The fourth-order valence-corrected chi connectivity index (χ4v) is 3.50. The normalized spacial score (nSPS) is 16.6. The summed E-state index contributed by atoms with van der Waals surface area (Å²) in [5, 5.41) is 3.15. The minimum absolute atomic E-state index is 0.0215. The standard InChI is InChI=1S/C19H22N6O/c1-13(14-5-3-2-4-6-14)24-19(26)15-7-9-25(10-8-15)18-16-17(21-11-20-16)22-12-23-18/h2-6,11-13,15H,7-10H2,1H3,(H,24,26)(H,20,21,22,23). The third kappa shape index (κ3) is 3.24. The van der Waals surface area contributed by atoms with Crippen molar-refractivity contribution in [2.75, 3.05) is 18.0 Å². The third-order valence-electron chi connectivity index (χ3n) is 5.03. The van der Waals surface area contributed by atoms with Gasteiger partial charge in [0.05, 0.1) is 12.4 Å². The number of carbonyl (C=O) groups excluding carboxylic acids is 1. The molecule has 4 rings (SSSR count). The number of hydrogen-bond acceptors (Lipinski definition) is 5. The average molecular weight is 350 g/mol. The van der Waals surface area contributed by atoms with Crippen LogP contribution in [0, 0.1) is 5.92 Å². The van der Waals surface area contributed by atoms with E-state index in [9.17, 15) is 4.79 Å². The average Bonchev–Trinajstić information content (AvgIpc) is 3.17. The molecule has 1 aliphatic rings. The first-order valence-electron chi connectivity index (χ1n) is 8.96. The maximum Gasteiger partial charge on any atom is 0.223 e. The minimum Gasteiger partial charge on any atom is -0.355 e. The lowest BCUT2D eigenvalue weighted by Gasteiger charge is -2.32.